The third-order valence-electron chi connectivity index (χ3n) is 8.16. The quantitative estimate of drug-likeness (QED) is 0.339. The highest BCUT2D eigenvalue weighted by Crippen LogP contribution is 2.42. The number of hydrogen-bond acceptors (Lipinski definition) is 3. The Kier molecular flexibility index (Phi) is 7.08. The van der Waals surface area contributed by atoms with Crippen molar-refractivity contribution in [3.05, 3.63) is 108 Å². The molecule has 1 heterocycles. The molecule has 2 atom stereocenters. The van der Waals surface area contributed by atoms with Gasteiger partial charge in [0.2, 0.25) is 0 Å². The molecule has 5 rings (SSSR count). The van der Waals surface area contributed by atoms with Crippen LogP contribution in [0.15, 0.2) is 91.0 Å². The standard InChI is InChI=1S/C33H33N3O/c1-33(29-10-5-6-21-35-23-29,31-12-7-9-27-8-3-4-11-30(27)31)36(2)32(37)28-19-17-26(18-20-28)25-15-13-24(22-34)14-16-25/h3-4,7-9,11-20,29,35H,5-6,10,21,23H2,1-2H3. The van der Waals surface area contributed by atoms with Crippen molar-refractivity contribution in [2.24, 2.45) is 5.92 Å². The molecular weight excluding hydrogens is 454 g/mol. The van der Waals surface area contributed by atoms with Gasteiger partial charge in [0, 0.05) is 19.2 Å². The van der Waals surface area contributed by atoms with Gasteiger partial charge in [-0.15, -0.1) is 0 Å². The lowest BCUT2D eigenvalue weighted by Gasteiger charge is -2.46. The van der Waals surface area contributed by atoms with Crippen molar-refractivity contribution >= 4 is 16.7 Å². The lowest BCUT2D eigenvalue weighted by Crippen LogP contribution is -2.52. The molecular formula is C33H33N3O. The van der Waals surface area contributed by atoms with Crippen molar-refractivity contribution in [2.45, 2.75) is 31.7 Å². The van der Waals surface area contributed by atoms with E-state index in [1.54, 1.807) is 0 Å². The van der Waals surface area contributed by atoms with Crippen molar-refractivity contribution < 1.29 is 4.79 Å². The Morgan fingerprint density at radius 1 is 0.919 bits per heavy atom. The van der Waals surface area contributed by atoms with Crippen molar-refractivity contribution in [2.75, 3.05) is 20.1 Å². The van der Waals surface area contributed by atoms with Gasteiger partial charge >= 0.3 is 0 Å². The molecule has 1 N–H and O–H groups in total. The number of nitrogens with one attached hydrogen (secondary N) is 1. The molecule has 1 fully saturated rings. The number of nitrogens with zero attached hydrogens (tertiary/aromatic N) is 2. The molecule has 0 radical (unpaired) electrons. The highest BCUT2D eigenvalue weighted by molar-refractivity contribution is 5.96. The summed E-state index contributed by atoms with van der Waals surface area (Å²) >= 11 is 0. The molecule has 37 heavy (non-hydrogen) atoms. The number of hydrogen-bond donors (Lipinski definition) is 1. The van der Waals surface area contributed by atoms with Crippen LogP contribution in [0.4, 0.5) is 0 Å². The first-order valence-electron chi connectivity index (χ1n) is 13.1. The number of rotatable bonds is 5. The fourth-order valence-corrected chi connectivity index (χ4v) is 5.79. The van der Waals surface area contributed by atoms with Gasteiger partial charge in [-0.1, -0.05) is 73.2 Å². The molecule has 0 aliphatic carbocycles. The molecule has 186 valence electrons. The molecule has 2 unspecified atom stereocenters. The Bertz CT molecular complexity index is 1420. The van der Waals surface area contributed by atoms with E-state index in [0.29, 0.717) is 11.1 Å². The number of nitriles is 1. The minimum atomic E-state index is -0.485. The van der Waals surface area contributed by atoms with Crippen molar-refractivity contribution in [3.63, 3.8) is 0 Å². The van der Waals surface area contributed by atoms with Crippen LogP contribution in [0.1, 0.15) is 47.7 Å². The average Bonchev–Trinajstić information content (AvgIpc) is 3.26. The molecule has 4 aromatic carbocycles. The molecule has 4 nitrogen and oxygen atoms in total. The van der Waals surface area contributed by atoms with E-state index in [1.807, 2.05) is 60.5 Å². The first-order chi connectivity index (χ1) is 18.0. The van der Waals surface area contributed by atoms with Gasteiger partial charge in [-0.05, 0) is 84.0 Å². The van der Waals surface area contributed by atoms with E-state index in [-0.39, 0.29) is 11.8 Å². The van der Waals surface area contributed by atoms with Gasteiger partial charge in [0.05, 0.1) is 17.2 Å². The second-order valence-corrected chi connectivity index (χ2v) is 10.2. The number of amides is 1. The predicted octanol–water partition coefficient (Wildman–Crippen LogP) is 6.76. The SMILES string of the molecule is CN(C(=O)c1ccc(-c2ccc(C#N)cc2)cc1)C(C)(c1cccc2ccccc12)C1CCCCNC1. The third-order valence-corrected chi connectivity index (χ3v) is 8.16. The van der Waals surface area contributed by atoms with Crippen LogP contribution in [0.3, 0.4) is 0 Å². The van der Waals surface area contributed by atoms with Crippen LogP contribution in [0.5, 0.6) is 0 Å². The maximum absolute atomic E-state index is 14.0. The Balaban J connectivity index is 1.52. The fourth-order valence-electron chi connectivity index (χ4n) is 5.79. The second-order valence-electron chi connectivity index (χ2n) is 10.2. The zero-order chi connectivity index (χ0) is 25.8. The van der Waals surface area contributed by atoms with Crippen LogP contribution < -0.4 is 5.32 Å². The molecule has 0 saturated carbocycles. The minimum Gasteiger partial charge on any atom is -0.332 e. The summed E-state index contributed by atoms with van der Waals surface area (Å²) in [5.74, 6) is 0.304. The number of carbonyl (C=O) groups excluding carboxylic acids is 1. The van der Waals surface area contributed by atoms with E-state index < -0.39 is 5.54 Å². The number of carbonyl (C=O) groups is 1. The summed E-state index contributed by atoms with van der Waals surface area (Å²) in [5, 5.41) is 15.1. The zero-order valence-electron chi connectivity index (χ0n) is 21.6. The molecule has 0 aromatic heterocycles. The van der Waals surface area contributed by atoms with Crippen LogP contribution in [0.25, 0.3) is 21.9 Å². The van der Waals surface area contributed by atoms with Gasteiger partial charge in [0.1, 0.15) is 0 Å². The molecule has 1 saturated heterocycles. The largest absolute Gasteiger partial charge is 0.332 e. The first kappa shape index (κ1) is 24.7. The summed E-state index contributed by atoms with van der Waals surface area (Å²) in [6.07, 6.45) is 3.39. The highest BCUT2D eigenvalue weighted by atomic mass is 16.2. The van der Waals surface area contributed by atoms with E-state index in [4.69, 9.17) is 5.26 Å². The molecule has 1 aliphatic rings. The van der Waals surface area contributed by atoms with Crippen LogP contribution in [0.2, 0.25) is 0 Å². The normalized spacial score (nSPS) is 17.4. The van der Waals surface area contributed by atoms with Crippen LogP contribution in [0, 0.1) is 17.2 Å². The van der Waals surface area contributed by atoms with Crippen molar-refractivity contribution in [1.82, 2.24) is 10.2 Å². The summed E-state index contributed by atoms with van der Waals surface area (Å²) in [6, 6.07) is 32.4. The Morgan fingerprint density at radius 3 is 2.32 bits per heavy atom. The summed E-state index contributed by atoms with van der Waals surface area (Å²) in [6.45, 7) is 4.15. The molecule has 0 bridgehead atoms. The van der Waals surface area contributed by atoms with Crippen LogP contribution in [-0.2, 0) is 5.54 Å². The first-order valence-corrected chi connectivity index (χ1v) is 13.1. The monoisotopic (exact) mass is 487 g/mol. The van der Waals surface area contributed by atoms with Gasteiger partial charge in [-0.2, -0.15) is 5.26 Å². The smallest absolute Gasteiger partial charge is 0.254 e. The minimum absolute atomic E-state index is 0.0195. The third kappa shape index (κ3) is 4.75. The second kappa shape index (κ2) is 10.6. The molecule has 1 aliphatic heterocycles. The van der Waals surface area contributed by atoms with Gasteiger partial charge in [0.25, 0.3) is 5.91 Å². The molecule has 1 amide bonds. The lowest BCUT2D eigenvalue weighted by atomic mass is 9.74. The van der Waals surface area contributed by atoms with Gasteiger partial charge in [0.15, 0.2) is 0 Å². The average molecular weight is 488 g/mol. The maximum Gasteiger partial charge on any atom is 0.254 e. The van der Waals surface area contributed by atoms with Gasteiger partial charge in [-0.25, -0.2) is 0 Å². The van der Waals surface area contributed by atoms with Gasteiger partial charge in [-0.3, -0.25) is 4.79 Å². The summed E-state index contributed by atoms with van der Waals surface area (Å²) in [5.41, 5.74) is 4.07. The van der Waals surface area contributed by atoms with Crippen LogP contribution in [-0.4, -0.2) is 30.9 Å². The van der Waals surface area contributed by atoms with E-state index in [1.165, 1.54) is 16.3 Å². The summed E-state index contributed by atoms with van der Waals surface area (Å²) in [7, 11) is 1.96. The summed E-state index contributed by atoms with van der Waals surface area (Å²) < 4.78 is 0. The van der Waals surface area contributed by atoms with E-state index in [2.05, 4.69) is 60.8 Å². The molecule has 4 heteroatoms. The topological polar surface area (TPSA) is 56.1 Å². The zero-order valence-corrected chi connectivity index (χ0v) is 21.6. The molecule has 0 spiro atoms. The Morgan fingerprint density at radius 2 is 1.59 bits per heavy atom. The highest BCUT2D eigenvalue weighted by Gasteiger charge is 2.43. The Hall–Kier alpha value is -3.94. The lowest BCUT2D eigenvalue weighted by molar-refractivity contribution is 0.0405. The van der Waals surface area contributed by atoms with E-state index in [0.717, 1.165) is 43.5 Å². The van der Waals surface area contributed by atoms with Crippen molar-refractivity contribution in [1.29, 1.82) is 5.26 Å². The molecule has 4 aromatic rings. The Labute approximate surface area is 219 Å². The maximum atomic E-state index is 14.0. The van der Waals surface area contributed by atoms with Crippen molar-refractivity contribution in [3.8, 4) is 17.2 Å². The number of benzene rings is 4. The number of fused-ring (bicyclic) bond motifs is 1. The fraction of sp³-hybridized carbons (Fsp3) is 0.273. The van der Waals surface area contributed by atoms with Crippen LogP contribution >= 0.6 is 0 Å². The summed E-state index contributed by atoms with van der Waals surface area (Å²) in [4.78, 5) is 16.0. The van der Waals surface area contributed by atoms with E-state index in [9.17, 15) is 4.79 Å². The van der Waals surface area contributed by atoms with Gasteiger partial charge < -0.3 is 10.2 Å². The predicted molar refractivity (Wildman–Crippen MR) is 150 cm³/mol. The van der Waals surface area contributed by atoms with E-state index >= 15 is 0 Å².